The number of likely N-dealkylation sites (tertiary alicyclic amines) is 1. The van der Waals surface area contributed by atoms with Gasteiger partial charge in [-0.1, -0.05) is 6.07 Å². The first-order valence-electron chi connectivity index (χ1n) is 9.36. The van der Waals surface area contributed by atoms with E-state index in [0.717, 1.165) is 44.5 Å². The Bertz CT molecular complexity index is 715. The van der Waals surface area contributed by atoms with Crippen LogP contribution in [0.15, 0.2) is 36.9 Å². The molecule has 1 aromatic heterocycles. The minimum Gasteiger partial charge on any atom is -0.493 e. The van der Waals surface area contributed by atoms with Crippen LogP contribution in [0.25, 0.3) is 0 Å². The van der Waals surface area contributed by atoms with Gasteiger partial charge in [0.1, 0.15) is 5.75 Å². The summed E-state index contributed by atoms with van der Waals surface area (Å²) in [6, 6.07) is 5.79. The summed E-state index contributed by atoms with van der Waals surface area (Å²) in [4.78, 5) is 19.2. The van der Waals surface area contributed by atoms with Crippen LogP contribution in [-0.2, 0) is 6.54 Å². The Morgan fingerprint density at radius 3 is 3.08 bits per heavy atom. The molecule has 1 saturated heterocycles. The quantitative estimate of drug-likeness (QED) is 0.774. The molecule has 26 heavy (non-hydrogen) atoms. The van der Waals surface area contributed by atoms with Gasteiger partial charge in [-0.15, -0.1) is 0 Å². The number of carbonyl (C=O) groups is 1. The van der Waals surface area contributed by atoms with Crippen molar-refractivity contribution < 1.29 is 9.53 Å². The van der Waals surface area contributed by atoms with Crippen molar-refractivity contribution in [2.45, 2.75) is 32.7 Å². The van der Waals surface area contributed by atoms with Gasteiger partial charge in [0, 0.05) is 32.0 Å². The van der Waals surface area contributed by atoms with Gasteiger partial charge in [-0.05, 0) is 56.3 Å². The van der Waals surface area contributed by atoms with Crippen molar-refractivity contribution in [2.75, 3.05) is 26.2 Å². The molecule has 0 spiro atoms. The fourth-order valence-corrected chi connectivity index (χ4v) is 3.45. The third-order valence-electron chi connectivity index (χ3n) is 4.81. The van der Waals surface area contributed by atoms with Gasteiger partial charge in [0.15, 0.2) is 0 Å². The number of ether oxygens (including phenoxy) is 1. The second-order valence-electron chi connectivity index (χ2n) is 7.01. The number of nitrogens with two attached hydrogens (primary N) is 1. The SMILES string of the molecule is Cc1ccc(C(=O)N2CCC[C@@H](Cn3ccnc3)C2)c(OCCCN)c1. The van der Waals surface area contributed by atoms with E-state index < -0.39 is 0 Å². The van der Waals surface area contributed by atoms with Crippen LogP contribution in [0.3, 0.4) is 0 Å². The molecule has 0 bridgehead atoms. The number of aromatic nitrogens is 2. The lowest BCUT2D eigenvalue weighted by Crippen LogP contribution is -2.41. The van der Waals surface area contributed by atoms with Gasteiger partial charge in [-0.2, -0.15) is 0 Å². The van der Waals surface area contributed by atoms with E-state index in [-0.39, 0.29) is 5.91 Å². The molecule has 6 nitrogen and oxygen atoms in total. The maximum absolute atomic E-state index is 13.1. The average molecular weight is 356 g/mol. The molecule has 1 fully saturated rings. The summed E-state index contributed by atoms with van der Waals surface area (Å²) < 4.78 is 7.93. The van der Waals surface area contributed by atoms with Crippen LogP contribution in [0.4, 0.5) is 0 Å². The van der Waals surface area contributed by atoms with Gasteiger partial charge in [-0.25, -0.2) is 4.98 Å². The molecule has 0 unspecified atom stereocenters. The molecule has 0 saturated carbocycles. The number of hydrogen-bond donors (Lipinski definition) is 1. The summed E-state index contributed by atoms with van der Waals surface area (Å²) >= 11 is 0. The normalized spacial score (nSPS) is 17.3. The lowest BCUT2D eigenvalue weighted by atomic mass is 9.97. The van der Waals surface area contributed by atoms with Crippen molar-refractivity contribution in [1.82, 2.24) is 14.5 Å². The molecule has 1 aliphatic rings. The highest BCUT2D eigenvalue weighted by atomic mass is 16.5. The van der Waals surface area contributed by atoms with E-state index in [0.29, 0.717) is 30.4 Å². The van der Waals surface area contributed by atoms with E-state index in [9.17, 15) is 4.79 Å². The van der Waals surface area contributed by atoms with Crippen molar-refractivity contribution in [2.24, 2.45) is 11.7 Å². The highest BCUT2D eigenvalue weighted by Crippen LogP contribution is 2.25. The van der Waals surface area contributed by atoms with Gasteiger partial charge in [0.25, 0.3) is 5.91 Å². The fraction of sp³-hybridized carbons (Fsp3) is 0.500. The van der Waals surface area contributed by atoms with Crippen molar-refractivity contribution in [1.29, 1.82) is 0 Å². The van der Waals surface area contributed by atoms with Crippen LogP contribution < -0.4 is 10.5 Å². The van der Waals surface area contributed by atoms with Gasteiger partial charge in [-0.3, -0.25) is 4.79 Å². The number of piperidine rings is 1. The van der Waals surface area contributed by atoms with Gasteiger partial charge in [0.05, 0.1) is 18.5 Å². The van der Waals surface area contributed by atoms with Crippen LogP contribution >= 0.6 is 0 Å². The first-order valence-corrected chi connectivity index (χ1v) is 9.36. The molecular formula is C20H28N4O2. The summed E-state index contributed by atoms with van der Waals surface area (Å²) in [5.74, 6) is 1.18. The molecule has 0 aliphatic carbocycles. The van der Waals surface area contributed by atoms with Crippen molar-refractivity contribution in [3.8, 4) is 5.75 Å². The molecule has 1 aromatic carbocycles. The van der Waals surface area contributed by atoms with Crippen LogP contribution in [0, 0.1) is 12.8 Å². The van der Waals surface area contributed by atoms with Crippen LogP contribution in [0.1, 0.15) is 35.2 Å². The van der Waals surface area contributed by atoms with E-state index in [1.165, 1.54) is 0 Å². The Morgan fingerprint density at radius 1 is 1.42 bits per heavy atom. The van der Waals surface area contributed by atoms with Gasteiger partial charge < -0.3 is 19.9 Å². The molecule has 3 rings (SSSR count). The molecule has 2 aromatic rings. The zero-order chi connectivity index (χ0) is 18.4. The minimum absolute atomic E-state index is 0.0584. The third-order valence-corrected chi connectivity index (χ3v) is 4.81. The summed E-state index contributed by atoms with van der Waals surface area (Å²) in [6.45, 7) is 5.59. The molecule has 0 radical (unpaired) electrons. The molecule has 1 amide bonds. The second-order valence-corrected chi connectivity index (χ2v) is 7.01. The summed E-state index contributed by atoms with van der Waals surface area (Å²) in [6.07, 6.45) is 8.55. The predicted molar refractivity (Wildman–Crippen MR) is 101 cm³/mol. The topological polar surface area (TPSA) is 73.4 Å². The first-order chi connectivity index (χ1) is 12.7. The Kier molecular flexibility index (Phi) is 6.28. The van der Waals surface area contributed by atoms with Gasteiger partial charge >= 0.3 is 0 Å². The van der Waals surface area contributed by atoms with Crippen molar-refractivity contribution in [3.05, 3.63) is 48.0 Å². The van der Waals surface area contributed by atoms with E-state index in [1.54, 1.807) is 6.20 Å². The number of carbonyl (C=O) groups excluding carboxylic acids is 1. The Labute approximate surface area is 155 Å². The van der Waals surface area contributed by atoms with Crippen LogP contribution in [0.5, 0.6) is 5.75 Å². The molecular weight excluding hydrogens is 328 g/mol. The molecule has 6 heteroatoms. The lowest BCUT2D eigenvalue weighted by molar-refractivity contribution is 0.0658. The molecule has 140 valence electrons. The van der Waals surface area contributed by atoms with E-state index >= 15 is 0 Å². The number of amides is 1. The Morgan fingerprint density at radius 2 is 2.31 bits per heavy atom. The van der Waals surface area contributed by atoms with E-state index in [2.05, 4.69) is 9.55 Å². The molecule has 2 heterocycles. The summed E-state index contributed by atoms with van der Waals surface area (Å²) in [7, 11) is 0. The number of aryl methyl sites for hydroxylation is 1. The highest BCUT2D eigenvalue weighted by molar-refractivity contribution is 5.97. The maximum Gasteiger partial charge on any atom is 0.257 e. The van der Waals surface area contributed by atoms with Crippen molar-refractivity contribution in [3.63, 3.8) is 0 Å². The number of benzene rings is 1. The van der Waals surface area contributed by atoms with Crippen LogP contribution in [0.2, 0.25) is 0 Å². The first kappa shape index (κ1) is 18.5. The Hall–Kier alpha value is -2.34. The molecule has 1 atom stereocenters. The third kappa shape index (κ3) is 4.64. The number of rotatable bonds is 7. The van der Waals surface area contributed by atoms with Gasteiger partial charge in [0.2, 0.25) is 0 Å². The summed E-state index contributed by atoms with van der Waals surface area (Å²) in [5.41, 5.74) is 7.28. The largest absolute Gasteiger partial charge is 0.493 e. The fourth-order valence-electron chi connectivity index (χ4n) is 3.45. The highest BCUT2D eigenvalue weighted by Gasteiger charge is 2.26. The average Bonchev–Trinajstić information content (AvgIpc) is 3.15. The monoisotopic (exact) mass is 356 g/mol. The minimum atomic E-state index is 0.0584. The lowest BCUT2D eigenvalue weighted by Gasteiger charge is -2.33. The number of nitrogens with zero attached hydrogens (tertiary/aromatic N) is 3. The molecule has 2 N–H and O–H groups in total. The second kappa shape index (κ2) is 8.85. The maximum atomic E-state index is 13.1. The smallest absolute Gasteiger partial charge is 0.257 e. The number of imidazole rings is 1. The van der Waals surface area contributed by atoms with Crippen LogP contribution in [-0.4, -0.2) is 46.6 Å². The molecule has 1 aliphatic heterocycles. The van der Waals surface area contributed by atoms with E-state index in [4.69, 9.17) is 10.5 Å². The Balaban J connectivity index is 1.69. The van der Waals surface area contributed by atoms with E-state index in [1.807, 2.05) is 42.5 Å². The zero-order valence-electron chi connectivity index (χ0n) is 15.4. The zero-order valence-corrected chi connectivity index (χ0v) is 15.4. The standard InChI is InChI=1S/C20H28N4O2/c1-16-5-6-18(19(12-16)26-11-3-7-21)20(25)24-9-2-4-17(14-24)13-23-10-8-22-15-23/h5-6,8,10,12,15,17H,2-4,7,9,11,13-14,21H2,1H3/t17-/m0/s1. The predicted octanol–water partition coefficient (Wildman–Crippen LogP) is 2.47. The number of hydrogen-bond acceptors (Lipinski definition) is 4. The summed E-state index contributed by atoms with van der Waals surface area (Å²) in [5, 5.41) is 0. The van der Waals surface area contributed by atoms with Crippen molar-refractivity contribution >= 4 is 5.91 Å².